The molecule has 0 fully saturated rings. The maximum Gasteiger partial charge on any atom is 0.165 e. The highest BCUT2D eigenvalue weighted by atomic mass is 16.3. The highest BCUT2D eigenvalue weighted by Crippen LogP contribution is 2.51. The van der Waals surface area contributed by atoms with E-state index in [9.17, 15) is 0 Å². The van der Waals surface area contributed by atoms with Gasteiger partial charge in [0.1, 0.15) is 11.2 Å². The first-order valence-electron chi connectivity index (χ1n) is 23.3. The molecule has 0 bridgehead atoms. The molecule has 1 aliphatic rings. The van der Waals surface area contributed by atoms with E-state index in [-0.39, 0.29) is 0 Å². The maximum absolute atomic E-state index is 6.43. The van der Waals surface area contributed by atoms with Gasteiger partial charge in [0, 0.05) is 54.7 Å². The lowest BCUT2D eigenvalue weighted by atomic mass is 9.84. The molecule has 0 atom stereocenters. The number of furan rings is 1. The smallest absolute Gasteiger partial charge is 0.165 e. The Morgan fingerprint density at radius 2 is 1.00 bits per heavy atom. The molecule has 318 valence electrons. The fraction of sp³-hybridized carbons (Fsp3) is 0.0317. The van der Waals surface area contributed by atoms with E-state index in [1.54, 1.807) is 0 Å². The topological polar surface area (TPSA) is 56.7 Å². The Bertz CT molecular complexity index is 4190. The molecule has 68 heavy (non-hydrogen) atoms. The minimum atomic E-state index is 0.576. The molecule has 0 saturated heterocycles. The van der Waals surface area contributed by atoms with Gasteiger partial charge in [-0.2, -0.15) is 0 Å². The molecule has 0 spiro atoms. The van der Waals surface area contributed by atoms with Gasteiger partial charge in [0.15, 0.2) is 17.5 Å². The van der Waals surface area contributed by atoms with E-state index in [4.69, 9.17) is 19.4 Å². The Hall–Kier alpha value is -8.93. The third-order valence-corrected chi connectivity index (χ3v) is 13.8. The number of aromatic nitrogens is 4. The molecule has 13 aromatic rings. The molecular weight excluding hydrogens is 829 g/mol. The normalized spacial score (nSPS) is 12.5. The third kappa shape index (κ3) is 5.99. The van der Waals surface area contributed by atoms with E-state index >= 15 is 0 Å². The second kappa shape index (κ2) is 15.3. The van der Waals surface area contributed by atoms with Gasteiger partial charge in [0.25, 0.3) is 0 Å². The Balaban J connectivity index is 1.18. The van der Waals surface area contributed by atoms with E-state index in [0.717, 1.165) is 95.7 Å². The first kappa shape index (κ1) is 38.3. The first-order valence-corrected chi connectivity index (χ1v) is 23.3. The van der Waals surface area contributed by atoms with Crippen molar-refractivity contribution < 1.29 is 4.42 Å². The van der Waals surface area contributed by atoms with Gasteiger partial charge in [-0.25, -0.2) is 15.0 Å². The molecule has 5 nitrogen and oxygen atoms in total. The monoisotopic (exact) mass is 868 g/mol. The van der Waals surface area contributed by atoms with Crippen LogP contribution in [0.2, 0.25) is 0 Å². The zero-order chi connectivity index (χ0) is 44.7. The average Bonchev–Trinajstić information content (AvgIpc) is 3.94. The van der Waals surface area contributed by atoms with E-state index in [0.29, 0.717) is 17.5 Å². The van der Waals surface area contributed by atoms with Crippen LogP contribution in [0.4, 0.5) is 0 Å². The van der Waals surface area contributed by atoms with Crippen LogP contribution in [0.5, 0.6) is 0 Å². The molecule has 14 rings (SSSR count). The lowest BCUT2D eigenvalue weighted by Gasteiger charge is -2.25. The summed E-state index contributed by atoms with van der Waals surface area (Å²) >= 11 is 0. The van der Waals surface area contributed by atoms with Crippen molar-refractivity contribution in [3.05, 3.63) is 223 Å². The van der Waals surface area contributed by atoms with E-state index in [1.165, 1.54) is 38.2 Å². The molecule has 10 aromatic carbocycles. The minimum absolute atomic E-state index is 0.576. The number of aryl methyl sites for hydroxylation is 1. The third-order valence-electron chi connectivity index (χ3n) is 13.8. The second-order valence-electron chi connectivity index (χ2n) is 17.8. The Labute approximate surface area is 392 Å². The Kier molecular flexibility index (Phi) is 8.65. The fourth-order valence-corrected chi connectivity index (χ4v) is 10.8. The van der Waals surface area contributed by atoms with Gasteiger partial charge in [-0.3, -0.25) is 0 Å². The average molecular weight is 869 g/mol. The summed E-state index contributed by atoms with van der Waals surface area (Å²) in [5, 5.41) is 9.04. The van der Waals surface area contributed by atoms with Crippen molar-refractivity contribution in [3.8, 4) is 62.1 Å². The molecule has 0 N–H and O–H groups in total. The summed E-state index contributed by atoms with van der Waals surface area (Å²) in [6.45, 7) is 0. The minimum Gasteiger partial charge on any atom is -0.456 e. The Morgan fingerprint density at radius 1 is 0.412 bits per heavy atom. The zero-order valence-corrected chi connectivity index (χ0v) is 36.9. The van der Waals surface area contributed by atoms with Crippen LogP contribution in [-0.2, 0) is 6.42 Å². The van der Waals surface area contributed by atoms with Gasteiger partial charge in [-0.05, 0) is 87.7 Å². The van der Waals surface area contributed by atoms with Crippen LogP contribution in [-0.4, -0.2) is 19.5 Å². The van der Waals surface area contributed by atoms with Crippen molar-refractivity contribution in [1.29, 1.82) is 0 Å². The number of benzene rings is 10. The first-order chi connectivity index (χ1) is 33.7. The summed E-state index contributed by atoms with van der Waals surface area (Å²) in [5.74, 6) is 1.76. The summed E-state index contributed by atoms with van der Waals surface area (Å²) in [6.07, 6.45) is 6.69. The van der Waals surface area contributed by atoms with E-state index in [1.807, 2.05) is 42.5 Å². The van der Waals surface area contributed by atoms with Crippen LogP contribution in [0, 0.1) is 0 Å². The molecule has 0 radical (unpaired) electrons. The number of hydrogen-bond acceptors (Lipinski definition) is 4. The van der Waals surface area contributed by atoms with Crippen molar-refractivity contribution in [2.24, 2.45) is 0 Å². The van der Waals surface area contributed by atoms with Crippen LogP contribution in [0.15, 0.2) is 217 Å². The number of allylic oxidation sites excluding steroid dienone is 1. The molecule has 1 aliphatic carbocycles. The molecule has 0 saturated carbocycles. The molecule has 3 heterocycles. The molecule has 0 aliphatic heterocycles. The van der Waals surface area contributed by atoms with Crippen LogP contribution in [0.3, 0.4) is 0 Å². The summed E-state index contributed by atoms with van der Waals surface area (Å²) in [4.78, 5) is 16.4. The number of fused-ring (bicyclic) bond motifs is 9. The predicted octanol–water partition coefficient (Wildman–Crippen LogP) is 16.5. The van der Waals surface area contributed by atoms with Gasteiger partial charge in [-0.1, -0.05) is 182 Å². The van der Waals surface area contributed by atoms with Gasteiger partial charge in [-0.15, -0.1) is 0 Å². The van der Waals surface area contributed by atoms with Crippen molar-refractivity contribution in [1.82, 2.24) is 19.5 Å². The molecule has 0 amide bonds. The summed E-state index contributed by atoms with van der Waals surface area (Å²) in [7, 11) is 0. The number of para-hydroxylation sites is 1. The maximum atomic E-state index is 6.43. The SMILES string of the molecule is C1=Cc2cc3c(cc2CC1)c1cc2ccccc2cc1n3-c1c(-c2ccccc2)c(-c2ccccc2)c(-c2nc(-c3ccccc3)nc(-c3cccc4oc5ccccc5c34)n2)c2ccccc12. The van der Waals surface area contributed by atoms with Gasteiger partial charge < -0.3 is 8.98 Å². The standard InChI is InChI=1S/C63H40N4O/c1-4-19-39(20-5-1)56-57(40-21-6-2-7-22-40)60(67-52-37-44-27-12-10-25-42(44)35-50(52)51-36-43-26-11-13-28-45(43)38-53(51)67)47-30-15-14-29-46(47)59(56)63-65-61(41-23-8-3-9-24-41)64-62(66-63)49-32-18-34-55-58(49)48-31-16-17-33-54(48)68-55/h1-10,12-25,27-38H,11,26H2. The predicted molar refractivity (Wildman–Crippen MR) is 281 cm³/mol. The van der Waals surface area contributed by atoms with Gasteiger partial charge >= 0.3 is 0 Å². The molecule has 5 heteroatoms. The molecule has 0 unspecified atom stereocenters. The highest BCUT2D eigenvalue weighted by molar-refractivity contribution is 6.20. The quantitative estimate of drug-likeness (QED) is 0.167. The fourth-order valence-electron chi connectivity index (χ4n) is 10.8. The number of hydrogen-bond donors (Lipinski definition) is 0. The van der Waals surface area contributed by atoms with Crippen molar-refractivity contribution in [2.75, 3.05) is 0 Å². The van der Waals surface area contributed by atoms with Crippen molar-refractivity contribution in [2.45, 2.75) is 12.8 Å². The van der Waals surface area contributed by atoms with Crippen molar-refractivity contribution >= 4 is 71.4 Å². The van der Waals surface area contributed by atoms with Gasteiger partial charge in [0.05, 0.1) is 16.7 Å². The van der Waals surface area contributed by atoms with Crippen LogP contribution < -0.4 is 0 Å². The number of rotatable bonds is 6. The molecule has 3 aromatic heterocycles. The summed E-state index contributed by atoms with van der Waals surface area (Å²) in [5.41, 5.74) is 14.7. The Morgan fingerprint density at radius 3 is 1.78 bits per heavy atom. The zero-order valence-electron chi connectivity index (χ0n) is 36.9. The van der Waals surface area contributed by atoms with Crippen LogP contribution >= 0.6 is 0 Å². The van der Waals surface area contributed by atoms with Crippen LogP contribution in [0.25, 0.3) is 133 Å². The van der Waals surface area contributed by atoms with E-state index < -0.39 is 0 Å². The molecular formula is C63H40N4O. The summed E-state index contributed by atoms with van der Waals surface area (Å²) in [6, 6.07) is 73.5. The van der Waals surface area contributed by atoms with Crippen molar-refractivity contribution in [3.63, 3.8) is 0 Å². The lowest BCUT2D eigenvalue weighted by molar-refractivity contribution is 0.669. The van der Waals surface area contributed by atoms with Crippen LogP contribution in [0.1, 0.15) is 17.5 Å². The second-order valence-corrected chi connectivity index (χ2v) is 17.8. The highest BCUT2D eigenvalue weighted by Gasteiger charge is 2.29. The lowest BCUT2D eigenvalue weighted by Crippen LogP contribution is -2.06. The van der Waals surface area contributed by atoms with E-state index in [2.05, 4.69) is 181 Å². The largest absolute Gasteiger partial charge is 0.456 e. The van der Waals surface area contributed by atoms with Gasteiger partial charge in [0.2, 0.25) is 0 Å². The summed E-state index contributed by atoms with van der Waals surface area (Å²) < 4.78 is 8.99. The number of nitrogens with zero attached hydrogens (tertiary/aromatic N) is 4.